The van der Waals surface area contributed by atoms with E-state index in [0.29, 0.717) is 6.42 Å². The lowest BCUT2D eigenvalue weighted by molar-refractivity contribution is -0.155. The fraction of sp³-hybridized carbons (Fsp3) is 0.500. The Balaban J connectivity index is 2.10. The first-order chi connectivity index (χ1) is 9.29. The Labute approximate surface area is 120 Å². The molecule has 2 rings (SSSR count). The van der Waals surface area contributed by atoms with Crippen LogP contribution >= 0.6 is 0 Å². The van der Waals surface area contributed by atoms with Gasteiger partial charge in [0.05, 0.1) is 12.5 Å². The Morgan fingerprint density at radius 3 is 2.40 bits per heavy atom. The van der Waals surface area contributed by atoms with E-state index in [1.165, 1.54) is 0 Å². The average molecular weight is 274 g/mol. The number of nitrogens with one attached hydrogen (secondary N) is 1. The van der Waals surface area contributed by atoms with Crippen molar-refractivity contribution in [3.63, 3.8) is 0 Å². The monoisotopic (exact) mass is 274 g/mol. The third-order valence-corrected chi connectivity index (χ3v) is 3.47. The summed E-state index contributed by atoms with van der Waals surface area (Å²) in [5, 5.41) is 2.93. The van der Waals surface area contributed by atoms with E-state index in [4.69, 9.17) is 0 Å². The van der Waals surface area contributed by atoms with E-state index < -0.39 is 6.04 Å². The summed E-state index contributed by atoms with van der Waals surface area (Å²) in [5.41, 5.74) is 0.795. The summed E-state index contributed by atoms with van der Waals surface area (Å²) < 4.78 is 0. The van der Waals surface area contributed by atoms with Gasteiger partial charge in [0, 0.05) is 5.54 Å². The number of hydrogen-bond acceptors (Lipinski definition) is 2. The van der Waals surface area contributed by atoms with Crippen LogP contribution in [0.4, 0.5) is 0 Å². The maximum Gasteiger partial charge on any atom is 0.242 e. The number of benzene rings is 1. The van der Waals surface area contributed by atoms with Crippen molar-refractivity contribution >= 4 is 11.8 Å². The molecule has 4 nitrogen and oxygen atoms in total. The zero-order chi connectivity index (χ0) is 14.9. The molecule has 1 aromatic rings. The first-order valence-electron chi connectivity index (χ1n) is 6.98. The van der Waals surface area contributed by atoms with Crippen molar-refractivity contribution in [2.45, 2.75) is 51.7 Å². The molecular formula is C16H22N2O2. The third-order valence-electron chi connectivity index (χ3n) is 3.47. The Bertz CT molecular complexity index is 505. The highest BCUT2D eigenvalue weighted by Crippen LogP contribution is 2.36. The highest BCUT2D eigenvalue weighted by molar-refractivity contribution is 5.91. The molecule has 0 aromatic heterocycles. The molecule has 2 unspecified atom stereocenters. The molecule has 0 spiro atoms. The van der Waals surface area contributed by atoms with Crippen LogP contribution in [0.25, 0.3) is 0 Å². The van der Waals surface area contributed by atoms with Crippen LogP contribution in [0.15, 0.2) is 30.3 Å². The molecule has 20 heavy (non-hydrogen) atoms. The van der Waals surface area contributed by atoms with E-state index in [1.54, 1.807) is 11.8 Å². The topological polar surface area (TPSA) is 49.4 Å². The summed E-state index contributed by atoms with van der Waals surface area (Å²) in [7, 11) is 0. The Morgan fingerprint density at radius 1 is 1.30 bits per heavy atom. The van der Waals surface area contributed by atoms with Gasteiger partial charge in [-0.25, -0.2) is 0 Å². The standard InChI is InChI=1S/C16H22N2O2/c1-11(15(20)17-16(2,3)4)18-13(10-14(18)19)12-8-6-5-7-9-12/h5-9,11,13H,10H2,1-4H3,(H,17,20). The largest absolute Gasteiger partial charge is 0.350 e. The second kappa shape index (κ2) is 5.27. The van der Waals surface area contributed by atoms with Crippen LogP contribution in [0.5, 0.6) is 0 Å². The molecule has 1 aliphatic heterocycles. The molecule has 1 aliphatic rings. The molecule has 1 saturated heterocycles. The molecule has 2 amide bonds. The lowest BCUT2D eigenvalue weighted by atomic mass is 9.91. The fourth-order valence-corrected chi connectivity index (χ4v) is 2.47. The second-order valence-corrected chi connectivity index (χ2v) is 6.35. The first-order valence-corrected chi connectivity index (χ1v) is 6.98. The van der Waals surface area contributed by atoms with Crippen molar-refractivity contribution in [2.75, 3.05) is 0 Å². The maximum absolute atomic E-state index is 12.2. The van der Waals surface area contributed by atoms with E-state index in [1.807, 2.05) is 51.1 Å². The fourth-order valence-electron chi connectivity index (χ4n) is 2.47. The van der Waals surface area contributed by atoms with E-state index in [0.717, 1.165) is 5.56 Å². The minimum Gasteiger partial charge on any atom is -0.350 e. The van der Waals surface area contributed by atoms with E-state index in [-0.39, 0.29) is 23.4 Å². The SMILES string of the molecule is CC(C(=O)NC(C)(C)C)N1C(=O)CC1c1ccccc1. The van der Waals surface area contributed by atoms with Crippen LogP contribution < -0.4 is 5.32 Å². The molecule has 1 heterocycles. The summed E-state index contributed by atoms with van der Waals surface area (Å²) in [6, 6.07) is 9.43. The second-order valence-electron chi connectivity index (χ2n) is 6.35. The van der Waals surface area contributed by atoms with Gasteiger partial charge in [-0.1, -0.05) is 30.3 Å². The number of β-lactam (4-membered cyclic amide) rings is 1. The molecule has 4 heteroatoms. The van der Waals surface area contributed by atoms with E-state index in [9.17, 15) is 9.59 Å². The normalized spacial score (nSPS) is 20.3. The van der Waals surface area contributed by atoms with Crippen LogP contribution in [0.3, 0.4) is 0 Å². The summed E-state index contributed by atoms with van der Waals surface area (Å²) in [6.45, 7) is 7.59. The zero-order valence-corrected chi connectivity index (χ0v) is 12.5. The Hall–Kier alpha value is -1.84. The molecule has 0 radical (unpaired) electrons. The minimum atomic E-state index is -0.444. The number of carbonyl (C=O) groups is 2. The van der Waals surface area contributed by atoms with Gasteiger partial charge >= 0.3 is 0 Å². The van der Waals surface area contributed by atoms with Crippen molar-refractivity contribution in [1.29, 1.82) is 0 Å². The van der Waals surface area contributed by atoms with Crippen molar-refractivity contribution < 1.29 is 9.59 Å². The molecule has 0 bridgehead atoms. The van der Waals surface area contributed by atoms with Gasteiger partial charge < -0.3 is 10.2 Å². The average Bonchev–Trinajstić information content (AvgIpc) is 2.34. The molecule has 1 aromatic carbocycles. The quantitative estimate of drug-likeness (QED) is 0.860. The molecule has 0 saturated carbocycles. The van der Waals surface area contributed by atoms with Crippen LogP contribution in [-0.4, -0.2) is 28.3 Å². The third kappa shape index (κ3) is 3.00. The predicted molar refractivity (Wildman–Crippen MR) is 78.0 cm³/mol. The number of amides is 2. The van der Waals surface area contributed by atoms with E-state index >= 15 is 0 Å². The summed E-state index contributed by atoms with van der Waals surface area (Å²) in [6.07, 6.45) is 0.483. The first kappa shape index (κ1) is 14.6. The van der Waals surface area contributed by atoms with Crippen molar-refractivity contribution in [1.82, 2.24) is 10.2 Å². The molecule has 108 valence electrons. The molecule has 0 aliphatic carbocycles. The summed E-state index contributed by atoms with van der Waals surface area (Å²) in [4.78, 5) is 25.8. The van der Waals surface area contributed by atoms with Gasteiger partial charge in [-0.15, -0.1) is 0 Å². The lowest BCUT2D eigenvalue weighted by Gasteiger charge is -2.44. The number of rotatable bonds is 3. The lowest BCUT2D eigenvalue weighted by Crippen LogP contribution is -2.58. The van der Waals surface area contributed by atoms with Gasteiger partial charge in [-0.3, -0.25) is 9.59 Å². The van der Waals surface area contributed by atoms with Gasteiger partial charge in [0.25, 0.3) is 0 Å². The van der Waals surface area contributed by atoms with Gasteiger partial charge in [0.2, 0.25) is 11.8 Å². The predicted octanol–water partition coefficient (Wildman–Crippen LogP) is 2.26. The van der Waals surface area contributed by atoms with Crippen LogP contribution in [0.1, 0.15) is 45.7 Å². The van der Waals surface area contributed by atoms with Crippen molar-refractivity contribution in [2.24, 2.45) is 0 Å². The van der Waals surface area contributed by atoms with Crippen molar-refractivity contribution in [3.05, 3.63) is 35.9 Å². The summed E-state index contributed by atoms with van der Waals surface area (Å²) in [5.74, 6) is -0.0677. The maximum atomic E-state index is 12.2. The van der Waals surface area contributed by atoms with Gasteiger partial charge in [0.1, 0.15) is 6.04 Å². The molecule has 1 fully saturated rings. The van der Waals surface area contributed by atoms with Crippen LogP contribution in [-0.2, 0) is 9.59 Å². The molecule has 2 atom stereocenters. The van der Waals surface area contributed by atoms with E-state index in [2.05, 4.69) is 5.32 Å². The van der Waals surface area contributed by atoms with Gasteiger partial charge in [-0.05, 0) is 33.3 Å². The number of carbonyl (C=O) groups excluding carboxylic acids is 2. The highest BCUT2D eigenvalue weighted by atomic mass is 16.2. The minimum absolute atomic E-state index is 0.0180. The Morgan fingerprint density at radius 2 is 1.90 bits per heavy atom. The Kier molecular flexibility index (Phi) is 3.84. The number of likely N-dealkylation sites (tertiary alicyclic amines) is 1. The van der Waals surface area contributed by atoms with Gasteiger partial charge in [0.15, 0.2) is 0 Å². The number of hydrogen-bond donors (Lipinski definition) is 1. The van der Waals surface area contributed by atoms with Gasteiger partial charge in [-0.2, -0.15) is 0 Å². The smallest absolute Gasteiger partial charge is 0.242 e. The van der Waals surface area contributed by atoms with Crippen LogP contribution in [0.2, 0.25) is 0 Å². The summed E-state index contributed by atoms with van der Waals surface area (Å²) >= 11 is 0. The number of nitrogens with zero attached hydrogens (tertiary/aromatic N) is 1. The zero-order valence-electron chi connectivity index (χ0n) is 12.5. The van der Waals surface area contributed by atoms with Crippen LogP contribution in [0, 0.1) is 0 Å². The highest BCUT2D eigenvalue weighted by Gasteiger charge is 2.42. The molecule has 1 N–H and O–H groups in total. The van der Waals surface area contributed by atoms with Crippen molar-refractivity contribution in [3.8, 4) is 0 Å². The molecular weight excluding hydrogens is 252 g/mol.